The van der Waals surface area contributed by atoms with Crippen molar-refractivity contribution in [2.75, 3.05) is 5.32 Å². The molecule has 0 bridgehead atoms. The number of aromatic nitrogens is 3. The third-order valence-corrected chi connectivity index (χ3v) is 4.71. The second-order valence-electron chi connectivity index (χ2n) is 6.48. The summed E-state index contributed by atoms with van der Waals surface area (Å²) >= 11 is 0. The lowest BCUT2D eigenvalue weighted by Crippen LogP contribution is -2.18. The molecule has 0 saturated heterocycles. The molecular weight excluding hydrogens is 319 g/mol. The van der Waals surface area contributed by atoms with Gasteiger partial charge >= 0.3 is 0 Å². The predicted molar refractivity (Wildman–Crippen MR) is 94.3 cm³/mol. The predicted octanol–water partition coefficient (Wildman–Crippen LogP) is 4.09. The zero-order valence-electron chi connectivity index (χ0n) is 14.0. The van der Waals surface area contributed by atoms with Gasteiger partial charge in [0.25, 0.3) is 0 Å². The first-order valence-corrected chi connectivity index (χ1v) is 8.54. The number of carbonyl (C=O) groups excluding carboxylic acids is 1. The Kier molecular flexibility index (Phi) is 3.95. The Morgan fingerprint density at radius 3 is 2.60 bits per heavy atom. The molecule has 0 spiro atoms. The van der Waals surface area contributed by atoms with Gasteiger partial charge in [0.1, 0.15) is 11.5 Å². The molecule has 5 nitrogen and oxygen atoms in total. The summed E-state index contributed by atoms with van der Waals surface area (Å²) < 4.78 is 14.9. The number of halogens is 1. The highest BCUT2D eigenvalue weighted by molar-refractivity contribution is 6.06. The van der Waals surface area contributed by atoms with E-state index in [0.717, 1.165) is 12.8 Å². The van der Waals surface area contributed by atoms with E-state index in [1.165, 1.54) is 31.9 Å². The Hall–Kier alpha value is -2.76. The van der Waals surface area contributed by atoms with Gasteiger partial charge in [-0.25, -0.2) is 9.37 Å². The first-order valence-electron chi connectivity index (χ1n) is 8.54. The van der Waals surface area contributed by atoms with Crippen LogP contribution in [0.4, 0.5) is 10.3 Å². The van der Waals surface area contributed by atoms with Gasteiger partial charge in [-0.05, 0) is 50.1 Å². The lowest BCUT2D eigenvalue weighted by atomic mass is 10.0. The summed E-state index contributed by atoms with van der Waals surface area (Å²) in [5.74, 6) is 0.245. The molecule has 1 fully saturated rings. The molecule has 1 N–H and O–H groups in total. The van der Waals surface area contributed by atoms with E-state index < -0.39 is 0 Å². The van der Waals surface area contributed by atoms with Crippen molar-refractivity contribution in [1.82, 2.24) is 14.6 Å². The van der Waals surface area contributed by atoms with Gasteiger partial charge in [-0.1, -0.05) is 12.8 Å². The van der Waals surface area contributed by atoms with Gasteiger partial charge in [0, 0.05) is 17.8 Å². The van der Waals surface area contributed by atoms with Crippen LogP contribution in [0.25, 0.3) is 16.8 Å². The molecule has 0 amide bonds. The van der Waals surface area contributed by atoms with Gasteiger partial charge in [-0.15, -0.1) is 0 Å². The number of carbonyl (C=O) groups is 1. The average molecular weight is 338 g/mol. The van der Waals surface area contributed by atoms with Crippen LogP contribution in [0.5, 0.6) is 0 Å². The van der Waals surface area contributed by atoms with Gasteiger partial charge in [-0.3, -0.25) is 4.79 Å². The molecule has 0 radical (unpaired) electrons. The molecule has 1 aliphatic rings. The standard InChI is InChI=1S/C19H19FN4O/c1-12(25)17-16-10-11-21-19(22-15-4-2-3-5-15)24(16)23-18(17)13-6-8-14(20)9-7-13/h6-11,15H,2-5H2,1H3,(H,21,22). The van der Waals surface area contributed by atoms with E-state index >= 15 is 0 Å². The number of nitrogens with zero attached hydrogens (tertiary/aromatic N) is 3. The van der Waals surface area contributed by atoms with Gasteiger partial charge < -0.3 is 5.32 Å². The van der Waals surface area contributed by atoms with Crippen LogP contribution < -0.4 is 5.32 Å². The molecule has 4 rings (SSSR count). The first-order chi connectivity index (χ1) is 12.1. The van der Waals surface area contributed by atoms with Crippen LogP contribution in [0.2, 0.25) is 0 Å². The monoisotopic (exact) mass is 338 g/mol. The van der Waals surface area contributed by atoms with E-state index in [-0.39, 0.29) is 11.6 Å². The molecule has 1 aliphatic carbocycles. The van der Waals surface area contributed by atoms with E-state index in [2.05, 4.69) is 15.4 Å². The van der Waals surface area contributed by atoms with Crippen LogP contribution in [0, 0.1) is 5.82 Å². The molecule has 3 aromatic rings. The van der Waals surface area contributed by atoms with E-state index in [9.17, 15) is 9.18 Å². The fraction of sp³-hybridized carbons (Fsp3) is 0.316. The van der Waals surface area contributed by atoms with E-state index in [1.807, 2.05) is 0 Å². The minimum absolute atomic E-state index is 0.0765. The zero-order chi connectivity index (χ0) is 17.4. The zero-order valence-corrected chi connectivity index (χ0v) is 14.0. The third kappa shape index (κ3) is 2.88. The lowest BCUT2D eigenvalue weighted by molar-refractivity contribution is 0.102. The Morgan fingerprint density at radius 2 is 1.92 bits per heavy atom. The van der Waals surface area contributed by atoms with Crippen molar-refractivity contribution in [1.29, 1.82) is 0 Å². The Bertz CT molecular complexity index is 926. The number of nitrogens with one attached hydrogen (secondary N) is 1. The maximum absolute atomic E-state index is 13.2. The summed E-state index contributed by atoms with van der Waals surface area (Å²) in [5.41, 5.74) is 2.50. The van der Waals surface area contributed by atoms with Crippen molar-refractivity contribution in [2.24, 2.45) is 0 Å². The topological polar surface area (TPSA) is 59.3 Å². The van der Waals surface area contributed by atoms with Gasteiger partial charge in [-0.2, -0.15) is 9.61 Å². The van der Waals surface area contributed by atoms with Gasteiger partial charge in [0.15, 0.2) is 5.78 Å². The summed E-state index contributed by atoms with van der Waals surface area (Å²) in [6, 6.07) is 8.20. The number of fused-ring (bicyclic) bond motifs is 1. The smallest absolute Gasteiger partial charge is 0.224 e. The number of ketones is 1. The lowest BCUT2D eigenvalue weighted by Gasteiger charge is -2.13. The number of anilines is 1. The van der Waals surface area contributed by atoms with Crippen molar-refractivity contribution < 1.29 is 9.18 Å². The fourth-order valence-corrected chi connectivity index (χ4v) is 3.49. The third-order valence-electron chi connectivity index (χ3n) is 4.71. The second-order valence-corrected chi connectivity index (χ2v) is 6.48. The Balaban J connectivity index is 1.86. The maximum Gasteiger partial charge on any atom is 0.224 e. The Labute approximate surface area is 144 Å². The average Bonchev–Trinajstić information content (AvgIpc) is 3.23. The number of hydrogen-bond acceptors (Lipinski definition) is 4. The first kappa shape index (κ1) is 15.7. The van der Waals surface area contributed by atoms with Crippen LogP contribution in [0.3, 0.4) is 0 Å². The van der Waals surface area contributed by atoms with Crippen LogP contribution in [-0.4, -0.2) is 26.4 Å². The van der Waals surface area contributed by atoms with E-state index in [0.29, 0.717) is 34.3 Å². The summed E-state index contributed by atoms with van der Waals surface area (Å²) in [4.78, 5) is 16.7. The van der Waals surface area contributed by atoms with Crippen molar-refractivity contribution in [3.05, 3.63) is 47.9 Å². The fourth-order valence-electron chi connectivity index (χ4n) is 3.49. The number of benzene rings is 1. The van der Waals surface area contributed by atoms with Gasteiger partial charge in [0.2, 0.25) is 5.95 Å². The molecule has 128 valence electrons. The minimum atomic E-state index is -0.317. The van der Waals surface area contributed by atoms with Crippen LogP contribution >= 0.6 is 0 Å². The van der Waals surface area contributed by atoms with E-state index in [1.54, 1.807) is 28.9 Å². The minimum Gasteiger partial charge on any atom is -0.351 e. The second kappa shape index (κ2) is 6.27. The Morgan fingerprint density at radius 1 is 1.20 bits per heavy atom. The molecule has 1 saturated carbocycles. The highest BCUT2D eigenvalue weighted by Crippen LogP contribution is 2.29. The summed E-state index contributed by atoms with van der Waals surface area (Å²) in [6.07, 6.45) is 6.35. The number of Topliss-reactive ketones (excluding diaryl/α,β-unsaturated/α-hetero) is 1. The molecular formula is C19H19FN4O. The highest BCUT2D eigenvalue weighted by atomic mass is 19.1. The van der Waals surface area contributed by atoms with Crippen LogP contribution in [0.1, 0.15) is 43.0 Å². The maximum atomic E-state index is 13.2. The molecule has 0 aliphatic heterocycles. The molecule has 2 heterocycles. The molecule has 0 unspecified atom stereocenters. The molecule has 2 aromatic heterocycles. The van der Waals surface area contributed by atoms with Crippen molar-refractivity contribution in [3.8, 4) is 11.3 Å². The quantitative estimate of drug-likeness (QED) is 0.728. The summed E-state index contributed by atoms with van der Waals surface area (Å²) in [7, 11) is 0. The summed E-state index contributed by atoms with van der Waals surface area (Å²) in [5, 5.41) is 8.07. The van der Waals surface area contributed by atoms with Crippen molar-refractivity contribution in [3.63, 3.8) is 0 Å². The number of rotatable bonds is 4. The largest absolute Gasteiger partial charge is 0.351 e. The molecule has 6 heteroatoms. The SMILES string of the molecule is CC(=O)c1c(-c2ccc(F)cc2)nn2c(NC3CCCC3)nccc12. The van der Waals surface area contributed by atoms with Crippen molar-refractivity contribution in [2.45, 2.75) is 38.6 Å². The number of hydrogen-bond donors (Lipinski definition) is 1. The molecule has 0 atom stereocenters. The molecule has 25 heavy (non-hydrogen) atoms. The summed E-state index contributed by atoms with van der Waals surface area (Å²) in [6.45, 7) is 1.52. The van der Waals surface area contributed by atoms with Crippen LogP contribution in [-0.2, 0) is 0 Å². The highest BCUT2D eigenvalue weighted by Gasteiger charge is 2.22. The van der Waals surface area contributed by atoms with Gasteiger partial charge in [0.05, 0.1) is 11.1 Å². The van der Waals surface area contributed by atoms with Crippen molar-refractivity contribution >= 4 is 17.2 Å². The van der Waals surface area contributed by atoms with Crippen LogP contribution in [0.15, 0.2) is 36.5 Å². The molecule has 1 aromatic carbocycles. The normalized spacial score (nSPS) is 15.0. The van der Waals surface area contributed by atoms with E-state index in [4.69, 9.17) is 0 Å².